The lowest BCUT2D eigenvalue weighted by molar-refractivity contribution is -0.112. The van der Waals surface area contributed by atoms with Gasteiger partial charge in [0.25, 0.3) is 5.91 Å². The summed E-state index contributed by atoms with van der Waals surface area (Å²) in [6, 6.07) is 12.7. The van der Waals surface area contributed by atoms with Crippen molar-refractivity contribution in [2.24, 2.45) is 0 Å². The van der Waals surface area contributed by atoms with Crippen LogP contribution in [0.25, 0.3) is 0 Å². The number of likely N-dealkylation sites (tertiary alicyclic amines) is 1. The molecule has 5 rings (SSSR count). The number of carbonyl (C=O) groups is 1. The van der Waals surface area contributed by atoms with Crippen molar-refractivity contribution in [2.75, 3.05) is 18.4 Å². The van der Waals surface area contributed by atoms with Gasteiger partial charge in [-0.1, -0.05) is 43.5 Å². The van der Waals surface area contributed by atoms with Gasteiger partial charge in [-0.25, -0.2) is 0 Å². The summed E-state index contributed by atoms with van der Waals surface area (Å²) in [6.07, 6.45) is 15.8. The molecular formula is C27H33N3O. The maximum Gasteiger partial charge on any atom is 0.255 e. The molecule has 4 nitrogen and oxygen atoms in total. The van der Waals surface area contributed by atoms with Crippen molar-refractivity contribution in [3.05, 3.63) is 77.3 Å². The third-order valence-electron chi connectivity index (χ3n) is 7.33. The lowest BCUT2D eigenvalue weighted by Gasteiger charge is -2.34. The zero-order chi connectivity index (χ0) is 21.0. The van der Waals surface area contributed by atoms with Gasteiger partial charge in [0.2, 0.25) is 0 Å². The molecule has 1 aromatic carbocycles. The number of piperidine rings is 1. The highest BCUT2D eigenvalue weighted by molar-refractivity contribution is 6.06. The number of hydrogen-bond acceptors (Lipinski definition) is 2. The summed E-state index contributed by atoms with van der Waals surface area (Å²) >= 11 is 0. The fourth-order valence-corrected chi connectivity index (χ4v) is 5.54. The van der Waals surface area contributed by atoms with Crippen LogP contribution in [0.4, 0.5) is 5.69 Å². The van der Waals surface area contributed by atoms with Crippen molar-refractivity contribution < 1.29 is 4.79 Å². The van der Waals surface area contributed by atoms with Crippen LogP contribution in [0, 0.1) is 0 Å². The van der Waals surface area contributed by atoms with Gasteiger partial charge in [-0.05, 0) is 61.4 Å². The number of anilines is 1. The van der Waals surface area contributed by atoms with Crippen molar-refractivity contribution in [3.8, 4) is 0 Å². The van der Waals surface area contributed by atoms with Gasteiger partial charge in [-0.15, -0.1) is 0 Å². The normalized spacial score (nSPS) is 20.5. The first kappa shape index (κ1) is 20.2. The largest absolute Gasteiger partial charge is 0.375 e. The van der Waals surface area contributed by atoms with E-state index in [4.69, 9.17) is 0 Å². The summed E-state index contributed by atoms with van der Waals surface area (Å²) in [6.45, 7) is 2.12. The Kier molecular flexibility index (Phi) is 5.97. The van der Waals surface area contributed by atoms with Crippen molar-refractivity contribution in [1.82, 2.24) is 9.88 Å². The fourth-order valence-electron chi connectivity index (χ4n) is 5.54. The van der Waals surface area contributed by atoms with E-state index in [0.717, 1.165) is 43.6 Å². The minimum absolute atomic E-state index is 0.0273. The van der Waals surface area contributed by atoms with Gasteiger partial charge in [-0.2, -0.15) is 0 Å². The van der Waals surface area contributed by atoms with Gasteiger partial charge < -0.3 is 15.2 Å². The van der Waals surface area contributed by atoms with Crippen LogP contribution >= 0.6 is 0 Å². The van der Waals surface area contributed by atoms with Crippen molar-refractivity contribution in [2.45, 2.75) is 63.2 Å². The number of allylic oxidation sites excluding steroid dienone is 1. The van der Waals surface area contributed by atoms with Gasteiger partial charge in [0.15, 0.2) is 0 Å². The molecule has 3 aliphatic rings. The van der Waals surface area contributed by atoms with Crippen molar-refractivity contribution in [3.63, 3.8) is 0 Å². The molecule has 2 fully saturated rings. The number of nitrogens with one attached hydrogen (secondary N) is 2. The van der Waals surface area contributed by atoms with E-state index in [9.17, 15) is 4.79 Å². The van der Waals surface area contributed by atoms with Crippen LogP contribution in [0.5, 0.6) is 0 Å². The third-order valence-corrected chi connectivity index (χ3v) is 7.33. The second-order valence-electron chi connectivity index (χ2n) is 9.26. The predicted molar refractivity (Wildman–Crippen MR) is 126 cm³/mol. The molecule has 31 heavy (non-hydrogen) atoms. The Labute approximate surface area is 185 Å². The molecule has 2 N–H and O–H groups in total. The third kappa shape index (κ3) is 4.48. The van der Waals surface area contributed by atoms with E-state index in [1.165, 1.54) is 49.1 Å². The molecular weight excluding hydrogens is 382 g/mol. The summed E-state index contributed by atoms with van der Waals surface area (Å²) in [4.78, 5) is 18.9. The molecule has 0 atom stereocenters. The second kappa shape index (κ2) is 9.17. The maximum atomic E-state index is 13.0. The lowest BCUT2D eigenvalue weighted by atomic mass is 9.83. The van der Waals surface area contributed by atoms with Crippen LogP contribution in [0.3, 0.4) is 0 Å². The van der Waals surface area contributed by atoms with Gasteiger partial charge in [0, 0.05) is 54.3 Å². The molecule has 0 unspecified atom stereocenters. The molecule has 1 saturated carbocycles. The van der Waals surface area contributed by atoms with Crippen LogP contribution in [-0.2, 0) is 4.79 Å². The average Bonchev–Trinajstić information content (AvgIpc) is 3.53. The van der Waals surface area contributed by atoms with Gasteiger partial charge in [-0.3, -0.25) is 4.79 Å². The van der Waals surface area contributed by atoms with Gasteiger partial charge in [0.1, 0.15) is 0 Å². The van der Waals surface area contributed by atoms with E-state index in [2.05, 4.69) is 57.7 Å². The number of para-hydroxylation sites is 1. The van der Waals surface area contributed by atoms with Crippen LogP contribution in [-0.4, -0.2) is 28.9 Å². The number of carbonyl (C=O) groups excluding carboxylic acids is 1. The Bertz CT molecular complexity index is 958. The Morgan fingerprint density at radius 2 is 1.74 bits per heavy atom. The summed E-state index contributed by atoms with van der Waals surface area (Å²) in [5.74, 6) is 1.23. The molecule has 0 bridgehead atoms. The minimum Gasteiger partial charge on any atom is -0.375 e. The highest BCUT2D eigenvalue weighted by Crippen LogP contribution is 2.37. The van der Waals surface area contributed by atoms with Crippen LogP contribution in [0.15, 0.2) is 66.0 Å². The van der Waals surface area contributed by atoms with Gasteiger partial charge >= 0.3 is 0 Å². The van der Waals surface area contributed by atoms with E-state index >= 15 is 0 Å². The Balaban J connectivity index is 1.21. The monoisotopic (exact) mass is 415 g/mol. The molecule has 2 aliphatic carbocycles. The molecule has 1 amide bonds. The number of amides is 1. The van der Waals surface area contributed by atoms with E-state index < -0.39 is 0 Å². The topological polar surface area (TPSA) is 48.1 Å². The van der Waals surface area contributed by atoms with E-state index in [1.807, 2.05) is 12.3 Å². The van der Waals surface area contributed by atoms with Crippen LogP contribution < -0.4 is 5.32 Å². The Morgan fingerprint density at radius 1 is 0.935 bits per heavy atom. The Morgan fingerprint density at radius 3 is 2.52 bits per heavy atom. The smallest absolute Gasteiger partial charge is 0.255 e. The quantitative estimate of drug-likeness (QED) is 0.620. The number of aromatic nitrogens is 1. The minimum atomic E-state index is 0.0273. The molecule has 2 heterocycles. The Hall–Kier alpha value is -2.75. The first-order valence-electron chi connectivity index (χ1n) is 12.0. The van der Waals surface area contributed by atoms with Crippen molar-refractivity contribution in [1.29, 1.82) is 0 Å². The number of hydrogen-bond donors (Lipinski definition) is 2. The second-order valence-corrected chi connectivity index (χ2v) is 9.26. The van der Waals surface area contributed by atoms with Crippen molar-refractivity contribution >= 4 is 11.6 Å². The highest BCUT2D eigenvalue weighted by atomic mass is 16.1. The average molecular weight is 416 g/mol. The van der Waals surface area contributed by atoms with E-state index in [-0.39, 0.29) is 5.91 Å². The van der Waals surface area contributed by atoms with Gasteiger partial charge in [0.05, 0.1) is 0 Å². The number of aromatic amines is 1. The zero-order valence-corrected chi connectivity index (χ0v) is 18.3. The molecule has 0 radical (unpaired) electrons. The first-order valence-corrected chi connectivity index (χ1v) is 12.0. The molecule has 4 heteroatoms. The standard InChI is InChI=1S/C27H33N3O/c31-27(29-26-10-5-4-9-24(26)20-7-2-1-3-8-20)22-12-13-23(19-22)30-17-14-21(15-18-30)25-11-6-16-28-25/h4-6,9-12,16,19-21,28H,1-3,7-8,13-15,17-18H2,(H,29,31). The molecule has 1 aliphatic heterocycles. The number of nitrogens with zero attached hydrogens (tertiary/aromatic N) is 1. The maximum absolute atomic E-state index is 13.0. The summed E-state index contributed by atoms with van der Waals surface area (Å²) in [5.41, 5.74) is 5.75. The van der Waals surface area contributed by atoms with E-state index in [1.54, 1.807) is 0 Å². The van der Waals surface area contributed by atoms with Crippen LogP contribution in [0.2, 0.25) is 0 Å². The number of H-pyrrole nitrogens is 1. The summed E-state index contributed by atoms with van der Waals surface area (Å²) in [7, 11) is 0. The zero-order valence-electron chi connectivity index (χ0n) is 18.3. The summed E-state index contributed by atoms with van der Waals surface area (Å²) in [5, 5.41) is 3.22. The molecule has 1 saturated heterocycles. The lowest BCUT2D eigenvalue weighted by Crippen LogP contribution is -2.32. The predicted octanol–water partition coefficient (Wildman–Crippen LogP) is 6.09. The molecule has 0 spiro atoms. The van der Waals surface area contributed by atoms with E-state index in [0.29, 0.717) is 11.8 Å². The SMILES string of the molecule is O=C(Nc1ccccc1C1CCCCC1)C1=CCC(N2CCC(c3ccc[nH]3)CC2)=C1. The summed E-state index contributed by atoms with van der Waals surface area (Å²) < 4.78 is 0. The van der Waals surface area contributed by atoms with Crippen LogP contribution in [0.1, 0.15) is 74.5 Å². The number of benzene rings is 1. The molecule has 1 aromatic heterocycles. The molecule has 2 aromatic rings. The first-order chi connectivity index (χ1) is 15.3. The highest BCUT2D eigenvalue weighted by Gasteiger charge is 2.25. The molecule has 162 valence electrons. The fraction of sp³-hybridized carbons (Fsp3) is 0.444. The number of rotatable bonds is 5.